The highest BCUT2D eigenvalue weighted by Gasteiger charge is 2.25. The molecule has 0 aliphatic carbocycles. The Morgan fingerprint density at radius 1 is 0.390 bits per heavy atom. The summed E-state index contributed by atoms with van der Waals surface area (Å²) in [6.07, 6.45) is 0. The van der Waals surface area contributed by atoms with Crippen molar-refractivity contribution in [3.63, 3.8) is 0 Å². The van der Waals surface area contributed by atoms with E-state index in [0.717, 1.165) is 11.2 Å². The van der Waals surface area contributed by atoms with Crippen molar-refractivity contribution in [3.8, 4) is 32.8 Å². The van der Waals surface area contributed by atoms with Crippen LogP contribution in [0.25, 0.3) is 86.1 Å². The SMILES string of the molecule is c1ccc2c(-c3c4ccccc4c(-c4sc5ccccc5c5nc6ccccc6c4-5)c4ccccc34)cccc2c1. The Bertz CT molecular complexity index is 2370. The molecule has 0 saturated heterocycles. The van der Waals surface area contributed by atoms with Crippen molar-refractivity contribution in [3.05, 3.63) is 140 Å². The summed E-state index contributed by atoms with van der Waals surface area (Å²) in [4.78, 5) is 6.48. The first-order chi connectivity index (χ1) is 20.4. The number of hydrogen-bond acceptors (Lipinski definition) is 2. The highest BCUT2D eigenvalue weighted by Crippen LogP contribution is 2.52. The van der Waals surface area contributed by atoms with Gasteiger partial charge < -0.3 is 0 Å². The molecular formula is C39H23NS. The van der Waals surface area contributed by atoms with Gasteiger partial charge in [0.15, 0.2) is 0 Å². The number of fused-ring (bicyclic) bond motifs is 8. The maximum Gasteiger partial charge on any atom is 0.0817 e. The lowest BCUT2D eigenvalue weighted by molar-refractivity contribution is 1.49. The lowest BCUT2D eigenvalue weighted by Crippen LogP contribution is -1.93. The predicted octanol–water partition coefficient (Wildman–Crippen LogP) is 11.3. The third-order valence-electron chi connectivity index (χ3n) is 8.44. The molecule has 1 nitrogen and oxygen atoms in total. The van der Waals surface area contributed by atoms with Crippen LogP contribution in [-0.2, 0) is 0 Å². The lowest BCUT2D eigenvalue weighted by atomic mass is 9.85. The fraction of sp³-hybridized carbons (Fsp3) is 0. The number of para-hydroxylation sites is 1. The second-order valence-corrected chi connectivity index (χ2v) is 11.7. The minimum absolute atomic E-state index is 1.05. The molecule has 0 amide bonds. The molecule has 7 aromatic carbocycles. The summed E-state index contributed by atoms with van der Waals surface area (Å²) in [7, 11) is 0. The quantitative estimate of drug-likeness (QED) is 0.200. The Balaban J connectivity index is 1.51. The Hall–Kier alpha value is -5.05. The second-order valence-electron chi connectivity index (χ2n) is 10.6. The number of hydrogen-bond donors (Lipinski definition) is 0. The van der Waals surface area contributed by atoms with Gasteiger partial charge in [-0.1, -0.05) is 127 Å². The summed E-state index contributed by atoms with van der Waals surface area (Å²) in [6.45, 7) is 0. The van der Waals surface area contributed by atoms with E-state index in [4.69, 9.17) is 4.98 Å². The number of rotatable bonds is 2. The zero-order chi connectivity index (χ0) is 26.9. The Morgan fingerprint density at radius 3 is 1.66 bits per heavy atom. The highest BCUT2D eigenvalue weighted by atomic mass is 32.1. The minimum atomic E-state index is 1.05. The van der Waals surface area contributed by atoms with Crippen molar-refractivity contribution in [1.29, 1.82) is 0 Å². The fourth-order valence-corrected chi connectivity index (χ4v) is 7.98. The first-order valence-electron chi connectivity index (χ1n) is 14.0. The van der Waals surface area contributed by atoms with E-state index in [-0.39, 0.29) is 0 Å². The third kappa shape index (κ3) is 3.26. The van der Waals surface area contributed by atoms with Crippen molar-refractivity contribution in [1.82, 2.24) is 4.98 Å². The molecule has 0 saturated carbocycles. The molecule has 0 aromatic heterocycles. The van der Waals surface area contributed by atoms with Gasteiger partial charge in [-0.3, -0.25) is 0 Å². The second kappa shape index (κ2) is 8.72. The van der Waals surface area contributed by atoms with E-state index in [1.54, 1.807) is 0 Å². The van der Waals surface area contributed by atoms with E-state index < -0.39 is 0 Å². The van der Waals surface area contributed by atoms with E-state index in [9.17, 15) is 0 Å². The summed E-state index contributed by atoms with van der Waals surface area (Å²) in [5.74, 6) is 0. The number of nitrogens with zero attached hydrogens (tertiary/aromatic N) is 1. The maximum atomic E-state index is 5.20. The van der Waals surface area contributed by atoms with E-state index in [1.165, 1.54) is 74.9 Å². The molecule has 0 radical (unpaired) electrons. The largest absolute Gasteiger partial charge is 0.247 e. The Labute approximate surface area is 241 Å². The van der Waals surface area contributed by atoms with Gasteiger partial charge in [0, 0.05) is 31.5 Å². The average molecular weight is 538 g/mol. The van der Waals surface area contributed by atoms with Gasteiger partial charge in [-0.2, -0.15) is 0 Å². The van der Waals surface area contributed by atoms with Crippen LogP contribution < -0.4 is 0 Å². The predicted molar refractivity (Wildman–Crippen MR) is 177 cm³/mol. The van der Waals surface area contributed by atoms with Crippen molar-refractivity contribution < 1.29 is 0 Å². The van der Waals surface area contributed by atoms with Crippen LogP contribution >= 0.6 is 11.3 Å². The summed E-state index contributed by atoms with van der Waals surface area (Å²) < 4.78 is 1.25. The first kappa shape index (κ1) is 22.7. The zero-order valence-corrected chi connectivity index (χ0v) is 23.0. The topological polar surface area (TPSA) is 12.9 Å². The molecule has 0 N–H and O–H groups in total. The molecule has 0 unspecified atom stereocenters. The molecule has 2 heterocycles. The molecule has 0 atom stereocenters. The average Bonchev–Trinajstić information content (AvgIpc) is 3.43. The third-order valence-corrected chi connectivity index (χ3v) is 9.63. The van der Waals surface area contributed by atoms with Gasteiger partial charge >= 0.3 is 0 Å². The van der Waals surface area contributed by atoms with Gasteiger partial charge in [0.05, 0.1) is 11.2 Å². The molecule has 0 bridgehead atoms. The monoisotopic (exact) mass is 537 g/mol. The van der Waals surface area contributed by atoms with Gasteiger partial charge in [-0.05, 0) is 55.6 Å². The first-order valence-corrected chi connectivity index (χ1v) is 14.8. The number of benzene rings is 7. The standard InChI is InChI=1S/C39H23NS/c1-2-14-25-24(12-1)13-11-21-26(25)35-27-15-3-5-17-29(27)36(30-18-6-4-16-28(30)35)39-37-31-19-7-9-22-33(31)40-38(37)32-20-8-10-23-34(32)41-39/h1-23H. The molecule has 2 heteroatoms. The molecule has 7 aromatic rings. The maximum absolute atomic E-state index is 5.20. The van der Waals surface area contributed by atoms with Crippen LogP contribution in [0, 0.1) is 0 Å². The Kier molecular flexibility index (Phi) is 4.84. The Morgan fingerprint density at radius 2 is 0.927 bits per heavy atom. The van der Waals surface area contributed by atoms with E-state index in [1.807, 2.05) is 11.3 Å². The molecule has 2 aliphatic rings. The van der Waals surface area contributed by atoms with Gasteiger partial charge in [-0.25, -0.2) is 4.98 Å². The van der Waals surface area contributed by atoms with Gasteiger partial charge in [-0.15, -0.1) is 11.3 Å². The minimum Gasteiger partial charge on any atom is -0.247 e. The lowest BCUT2D eigenvalue weighted by Gasteiger charge is -2.20. The fourth-order valence-electron chi connectivity index (χ4n) is 6.71. The summed E-state index contributed by atoms with van der Waals surface area (Å²) in [6, 6.07) is 50.6. The van der Waals surface area contributed by atoms with Crippen LogP contribution in [-0.4, -0.2) is 4.98 Å². The van der Waals surface area contributed by atoms with Crippen LogP contribution in [0.15, 0.2) is 140 Å². The van der Waals surface area contributed by atoms with Crippen LogP contribution in [0.2, 0.25) is 0 Å². The van der Waals surface area contributed by atoms with Crippen LogP contribution in [0.1, 0.15) is 0 Å². The molecule has 0 fully saturated rings. The van der Waals surface area contributed by atoms with E-state index in [0.29, 0.717) is 0 Å². The molecule has 2 aliphatic heterocycles. The zero-order valence-electron chi connectivity index (χ0n) is 22.1. The van der Waals surface area contributed by atoms with E-state index >= 15 is 0 Å². The molecule has 190 valence electrons. The number of aromatic nitrogens is 1. The van der Waals surface area contributed by atoms with Crippen LogP contribution in [0.5, 0.6) is 0 Å². The van der Waals surface area contributed by atoms with Crippen LogP contribution in [0.4, 0.5) is 0 Å². The van der Waals surface area contributed by atoms with Crippen molar-refractivity contribution in [2.75, 3.05) is 0 Å². The molecule has 41 heavy (non-hydrogen) atoms. The molecule has 0 spiro atoms. The van der Waals surface area contributed by atoms with Crippen molar-refractivity contribution in [2.24, 2.45) is 0 Å². The van der Waals surface area contributed by atoms with E-state index in [2.05, 4.69) is 140 Å². The van der Waals surface area contributed by atoms with Gasteiger partial charge in [0.2, 0.25) is 0 Å². The summed E-state index contributed by atoms with van der Waals surface area (Å²) >= 11 is 1.88. The van der Waals surface area contributed by atoms with Crippen LogP contribution in [0.3, 0.4) is 0 Å². The highest BCUT2D eigenvalue weighted by molar-refractivity contribution is 7.22. The summed E-state index contributed by atoms with van der Waals surface area (Å²) in [5, 5.41) is 10.1. The smallest absolute Gasteiger partial charge is 0.0817 e. The van der Waals surface area contributed by atoms with Gasteiger partial charge in [0.25, 0.3) is 0 Å². The normalized spacial score (nSPS) is 11.9. The van der Waals surface area contributed by atoms with Gasteiger partial charge in [0.1, 0.15) is 0 Å². The molecular weight excluding hydrogens is 515 g/mol. The summed E-state index contributed by atoms with van der Waals surface area (Å²) in [5.41, 5.74) is 7.24. The molecule has 9 rings (SSSR count). The van der Waals surface area contributed by atoms with Crippen molar-refractivity contribution in [2.45, 2.75) is 0 Å². The van der Waals surface area contributed by atoms with Crippen molar-refractivity contribution >= 4 is 64.6 Å².